The Kier molecular flexibility index (Phi) is 2.36. The van der Waals surface area contributed by atoms with Gasteiger partial charge in [0.1, 0.15) is 0 Å². The summed E-state index contributed by atoms with van der Waals surface area (Å²) in [7, 11) is 0. The second-order valence-electron chi connectivity index (χ2n) is 3.95. The van der Waals surface area contributed by atoms with Crippen molar-refractivity contribution in [3.63, 3.8) is 0 Å². The second-order valence-corrected chi connectivity index (χ2v) is 3.95. The lowest BCUT2D eigenvalue weighted by atomic mass is 10.3. The maximum atomic E-state index is 11.4. The summed E-state index contributed by atoms with van der Waals surface area (Å²) in [6, 6.07) is -0.241. The van der Waals surface area contributed by atoms with Gasteiger partial charge in [0, 0.05) is 13.1 Å². The molecule has 72 valence electrons. The predicted octanol–water partition coefficient (Wildman–Crippen LogP) is 0.512. The number of allylic oxidation sites excluding steroid dienone is 1. The van der Waals surface area contributed by atoms with E-state index in [1.54, 1.807) is 0 Å². The Morgan fingerprint density at radius 3 is 2.77 bits per heavy atom. The first-order valence-electron chi connectivity index (χ1n) is 4.98. The number of likely N-dealkylation sites (tertiary alicyclic amines) is 1. The lowest BCUT2D eigenvalue weighted by molar-refractivity contribution is -0.128. The van der Waals surface area contributed by atoms with Crippen molar-refractivity contribution in [3.8, 4) is 0 Å². The second kappa shape index (κ2) is 3.50. The van der Waals surface area contributed by atoms with E-state index in [1.807, 2.05) is 4.90 Å². The van der Waals surface area contributed by atoms with Crippen LogP contribution in [0.15, 0.2) is 12.2 Å². The number of carbonyl (C=O) groups excluding carboxylic acids is 1. The van der Waals surface area contributed by atoms with Crippen LogP contribution in [-0.4, -0.2) is 29.9 Å². The summed E-state index contributed by atoms with van der Waals surface area (Å²) in [5.74, 6) is 0.909. The molecule has 1 amide bonds. The van der Waals surface area contributed by atoms with E-state index in [4.69, 9.17) is 5.73 Å². The van der Waals surface area contributed by atoms with Crippen molar-refractivity contribution in [2.75, 3.05) is 13.1 Å². The van der Waals surface area contributed by atoms with Crippen LogP contribution < -0.4 is 5.73 Å². The highest BCUT2D eigenvalue weighted by Crippen LogP contribution is 2.29. The molecule has 1 heterocycles. The number of hydrogen-bond donors (Lipinski definition) is 1. The van der Waals surface area contributed by atoms with Crippen molar-refractivity contribution < 1.29 is 4.79 Å². The summed E-state index contributed by atoms with van der Waals surface area (Å²) >= 11 is 0. The van der Waals surface area contributed by atoms with Gasteiger partial charge in [-0.2, -0.15) is 0 Å². The minimum absolute atomic E-state index is 0.112. The molecule has 1 atom stereocenters. The molecule has 0 aromatic rings. The smallest absolute Gasteiger partial charge is 0.239 e. The molecule has 0 radical (unpaired) electrons. The lowest BCUT2D eigenvalue weighted by Gasteiger charge is -2.12. The van der Waals surface area contributed by atoms with Gasteiger partial charge in [-0.1, -0.05) is 12.2 Å². The number of carbonyl (C=O) groups is 1. The molecule has 1 unspecified atom stereocenters. The third kappa shape index (κ3) is 2.10. The molecular weight excluding hydrogens is 164 g/mol. The molecular formula is C10H16N2O. The zero-order valence-corrected chi connectivity index (χ0v) is 7.78. The number of nitrogens with zero attached hydrogens (tertiary/aromatic N) is 1. The molecule has 0 aromatic heterocycles. The van der Waals surface area contributed by atoms with Crippen LogP contribution in [0.1, 0.15) is 19.3 Å². The summed E-state index contributed by atoms with van der Waals surface area (Å²) in [6.45, 7) is 1.58. The van der Waals surface area contributed by atoms with E-state index in [1.165, 1.54) is 12.8 Å². The molecule has 0 spiro atoms. The average Bonchev–Trinajstić information content (AvgIpc) is 2.88. The zero-order chi connectivity index (χ0) is 9.26. The molecule has 0 bridgehead atoms. The Balaban J connectivity index is 1.77. The first-order valence-corrected chi connectivity index (χ1v) is 4.98. The van der Waals surface area contributed by atoms with Crippen LogP contribution in [0.3, 0.4) is 0 Å². The van der Waals surface area contributed by atoms with Crippen LogP contribution in [0.4, 0.5) is 0 Å². The average molecular weight is 180 g/mol. The summed E-state index contributed by atoms with van der Waals surface area (Å²) in [6.07, 6.45) is 7.79. The molecule has 13 heavy (non-hydrogen) atoms. The largest absolute Gasteiger partial charge is 0.338 e. The van der Waals surface area contributed by atoms with Gasteiger partial charge in [0.2, 0.25) is 5.91 Å². The van der Waals surface area contributed by atoms with E-state index >= 15 is 0 Å². The maximum Gasteiger partial charge on any atom is 0.239 e. The van der Waals surface area contributed by atoms with Crippen molar-refractivity contribution >= 4 is 5.91 Å². The van der Waals surface area contributed by atoms with E-state index in [0.29, 0.717) is 0 Å². The highest BCUT2D eigenvalue weighted by Gasteiger charge is 2.27. The van der Waals surface area contributed by atoms with E-state index in [0.717, 1.165) is 25.4 Å². The number of nitrogens with two attached hydrogens (primary N) is 1. The van der Waals surface area contributed by atoms with Gasteiger partial charge in [-0.05, 0) is 25.2 Å². The van der Waals surface area contributed by atoms with Gasteiger partial charge < -0.3 is 10.6 Å². The fourth-order valence-electron chi connectivity index (χ4n) is 1.61. The molecule has 2 N–H and O–H groups in total. The van der Waals surface area contributed by atoms with Crippen molar-refractivity contribution in [3.05, 3.63) is 12.2 Å². The summed E-state index contributed by atoms with van der Waals surface area (Å²) < 4.78 is 0. The quantitative estimate of drug-likeness (QED) is 0.643. The first-order chi connectivity index (χ1) is 6.27. The van der Waals surface area contributed by atoms with Crippen LogP contribution in [0.25, 0.3) is 0 Å². The Labute approximate surface area is 78.6 Å². The monoisotopic (exact) mass is 180 g/mol. The normalized spacial score (nSPS) is 29.2. The van der Waals surface area contributed by atoms with E-state index in [2.05, 4.69) is 12.2 Å². The van der Waals surface area contributed by atoms with E-state index < -0.39 is 0 Å². The maximum absolute atomic E-state index is 11.4. The van der Waals surface area contributed by atoms with Crippen molar-refractivity contribution in [1.82, 2.24) is 4.90 Å². The molecule has 1 saturated heterocycles. The van der Waals surface area contributed by atoms with E-state index in [9.17, 15) is 4.79 Å². The molecule has 3 heteroatoms. The summed E-state index contributed by atoms with van der Waals surface area (Å²) in [5.41, 5.74) is 5.60. The van der Waals surface area contributed by atoms with Crippen LogP contribution >= 0.6 is 0 Å². The Bertz CT molecular complexity index is 233. The highest BCUT2D eigenvalue weighted by atomic mass is 16.2. The van der Waals surface area contributed by atoms with Gasteiger partial charge in [-0.3, -0.25) is 4.79 Å². The molecule has 0 aromatic carbocycles. The fraction of sp³-hybridized carbons (Fsp3) is 0.700. The minimum atomic E-state index is -0.241. The third-order valence-corrected chi connectivity index (χ3v) is 2.69. The lowest BCUT2D eigenvalue weighted by Crippen LogP contribution is -2.34. The summed E-state index contributed by atoms with van der Waals surface area (Å²) in [5, 5.41) is 0. The molecule has 2 aliphatic rings. The first kappa shape index (κ1) is 8.75. The van der Waals surface area contributed by atoms with Crippen LogP contribution in [0.5, 0.6) is 0 Å². The van der Waals surface area contributed by atoms with E-state index in [-0.39, 0.29) is 11.9 Å². The number of hydrogen-bond acceptors (Lipinski definition) is 2. The SMILES string of the molecule is NC1CCN(C/C=C/C2CC2)C1=O. The van der Waals surface area contributed by atoms with Crippen molar-refractivity contribution in [1.29, 1.82) is 0 Å². The van der Waals surface area contributed by atoms with Gasteiger partial charge in [0.05, 0.1) is 6.04 Å². The van der Waals surface area contributed by atoms with Crippen molar-refractivity contribution in [2.24, 2.45) is 11.7 Å². The zero-order valence-electron chi connectivity index (χ0n) is 7.78. The van der Waals surface area contributed by atoms with Crippen molar-refractivity contribution in [2.45, 2.75) is 25.3 Å². The fourth-order valence-corrected chi connectivity index (χ4v) is 1.61. The minimum Gasteiger partial charge on any atom is -0.338 e. The molecule has 1 saturated carbocycles. The van der Waals surface area contributed by atoms with Crippen LogP contribution in [-0.2, 0) is 4.79 Å². The molecule has 2 fully saturated rings. The predicted molar refractivity (Wildman–Crippen MR) is 51.0 cm³/mol. The van der Waals surface area contributed by atoms with Gasteiger partial charge >= 0.3 is 0 Å². The Hall–Kier alpha value is -0.830. The molecule has 1 aliphatic heterocycles. The summed E-state index contributed by atoms with van der Waals surface area (Å²) in [4.78, 5) is 13.2. The topological polar surface area (TPSA) is 46.3 Å². The van der Waals surface area contributed by atoms with Crippen LogP contribution in [0.2, 0.25) is 0 Å². The highest BCUT2D eigenvalue weighted by molar-refractivity contribution is 5.83. The molecule has 3 nitrogen and oxygen atoms in total. The Morgan fingerprint density at radius 2 is 2.23 bits per heavy atom. The third-order valence-electron chi connectivity index (χ3n) is 2.69. The number of rotatable bonds is 3. The Morgan fingerprint density at radius 1 is 1.46 bits per heavy atom. The van der Waals surface area contributed by atoms with Gasteiger partial charge in [0.15, 0.2) is 0 Å². The standard InChI is InChI=1S/C10H16N2O/c11-9-5-7-12(10(9)13)6-1-2-8-3-4-8/h1-2,8-9H,3-7,11H2/b2-1+. The number of amides is 1. The van der Waals surface area contributed by atoms with Gasteiger partial charge in [0.25, 0.3) is 0 Å². The van der Waals surface area contributed by atoms with Crippen LogP contribution in [0, 0.1) is 5.92 Å². The van der Waals surface area contributed by atoms with Gasteiger partial charge in [-0.25, -0.2) is 0 Å². The van der Waals surface area contributed by atoms with Gasteiger partial charge in [-0.15, -0.1) is 0 Å². The molecule has 1 aliphatic carbocycles. The molecule has 2 rings (SSSR count).